The maximum absolute atomic E-state index is 12.6. The van der Waals surface area contributed by atoms with Crippen LogP contribution >= 0.6 is 11.5 Å². The van der Waals surface area contributed by atoms with Crippen molar-refractivity contribution in [3.05, 3.63) is 47.4 Å². The SMILES string of the molecule is Cc1[nH]ncc1C1CCN(C(=O)Cc2nsc3ccccc23)CC1. The highest BCUT2D eigenvalue weighted by atomic mass is 32.1. The molecule has 3 heterocycles. The van der Waals surface area contributed by atoms with Gasteiger partial charge in [-0.15, -0.1) is 0 Å². The second-order valence-electron chi connectivity index (χ2n) is 6.41. The van der Waals surface area contributed by atoms with Gasteiger partial charge in [-0.2, -0.15) is 9.47 Å². The first-order valence-electron chi connectivity index (χ1n) is 8.33. The van der Waals surface area contributed by atoms with Crippen LogP contribution in [0.4, 0.5) is 0 Å². The number of rotatable bonds is 3. The van der Waals surface area contributed by atoms with Crippen molar-refractivity contribution < 1.29 is 4.79 Å². The Morgan fingerprint density at radius 3 is 2.88 bits per heavy atom. The molecule has 0 unspecified atom stereocenters. The third kappa shape index (κ3) is 2.82. The number of carbonyl (C=O) groups excluding carboxylic acids is 1. The fourth-order valence-corrected chi connectivity index (χ4v) is 4.33. The highest BCUT2D eigenvalue weighted by molar-refractivity contribution is 7.13. The molecule has 4 rings (SSSR count). The number of carbonyl (C=O) groups is 1. The Morgan fingerprint density at radius 2 is 2.12 bits per heavy atom. The van der Waals surface area contributed by atoms with E-state index in [0.717, 1.165) is 47.4 Å². The van der Waals surface area contributed by atoms with Gasteiger partial charge in [0, 0.05) is 24.2 Å². The van der Waals surface area contributed by atoms with E-state index in [4.69, 9.17) is 0 Å². The smallest absolute Gasteiger partial charge is 0.228 e. The van der Waals surface area contributed by atoms with Gasteiger partial charge in [0.15, 0.2) is 0 Å². The zero-order valence-electron chi connectivity index (χ0n) is 13.7. The summed E-state index contributed by atoms with van der Waals surface area (Å²) >= 11 is 1.47. The Bertz CT molecular complexity index is 861. The zero-order chi connectivity index (χ0) is 16.5. The molecule has 1 N–H and O–H groups in total. The predicted molar refractivity (Wildman–Crippen MR) is 95.2 cm³/mol. The van der Waals surface area contributed by atoms with Gasteiger partial charge in [-0.1, -0.05) is 18.2 Å². The number of aromatic nitrogens is 3. The molecule has 24 heavy (non-hydrogen) atoms. The van der Waals surface area contributed by atoms with E-state index in [2.05, 4.69) is 33.6 Å². The Hall–Kier alpha value is -2.21. The maximum Gasteiger partial charge on any atom is 0.228 e. The molecule has 1 aliphatic rings. The second-order valence-corrected chi connectivity index (χ2v) is 7.21. The Kier molecular flexibility index (Phi) is 4.06. The van der Waals surface area contributed by atoms with Crippen molar-refractivity contribution in [1.82, 2.24) is 19.5 Å². The summed E-state index contributed by atoms with van der Waals surface area (Å²) in [6.45, 7) is 3.69. The van der Waals surface area contributed by atoms with Crippen molar-refractivity contribution in [1.29, 1.82) is 0 Å². The number of hydrogen-bond donors (Lipinski definition) is 1. The molecule has 1 saturated heterocycles. The molecule has 0 radical (unpaired) electrons. The lowest BCUT2D eigenvalue weighted by atomic mass is 9.90. The van der Waals surface area contributed by atoms with E-state index >= 15 is 0 Å². The van der Waals surface area contributed by atoms with Crippen LogP contribution in [-0.2, 0) is 11.2 Å². The topological polar surface area (TPSA) is 61.9 Å². The standard InChI is InChI=1S/C18H20N4OS/c1-12-15(11-19-20-12)13-6-8-22(9-7-13)18(23)10-16-14-4-2-3-5-17(14)24-21-16/h2-5,11,13H,6-10H2,1H3,(H,19,20). The lowest BCUT2D eigenvalue weighted by Gasteiger charge is -2.32. The van der Waals surface area contributed by atoms with Crippen LogP contribution in [0.1, 0.15) is 35.7 Å². The molecule has 1 aliphatic heterocycles. The van der Waals surface area contributed by atoms with Crippen molar-refractivity contribution in [3.8, 4) is 0 Å². The molecule has 0 aliphatic carbocycles. The number of nitrogens with one attached hydrogen (secondary N) is 1. The van der Waals surface area contributed by atoms with Crippen molar-refractivity contribution in [3.63, 3.8) is 0 Å². The molecule has 2 aromatic heterocycles. The molecule has 6 heteroatoms. The van der Waals surface area contributed by atoms with Gasteiger partial charge in [-0.3, -0.25) is 9.89 Å². The average Bonchev–Trinajstić information content (AvgIpc) is 3.22. The lowest BCUT2D eigenvalue weighted by molar-refractivity contribution is -0.131. The van der Waals surface area contributed by atoms with E-state index in [1.54, 1.807) is 0 Å². The minimum Gasteiger partial charge on any atom is -0.342 e. The van der Waals surface area contributed by atoms with Gasteiger partial charge >= 0.3 is 0 Å². The highest BCUT2D eigenvalue weighted by Gasteiger charge is 2.26. The third-order valence-corrected chi connectivity index (χ3v) is 5.79. The number of piperidine rings is 1. The zero-order valence-corrected chi connectivity index (χ0v) is 14.5. The minimum atomic E-state index is 0.188. The van der Waals surface area contributed by atoms with E-state index in [9.17, 15) is 4.79 Å². The second kappa shape index (κ2) is 6.36. The van der Waals surface area contributed by atoms with Crippen LogP contribution in [0.25, 0.3) is 10.1 Å². The van der Waals surface area contributed by atoms with Crippen LogP contribution in [-0.4, -0.2) is 38.5 Å². The lowest BCUT2D eigenvalue weighted by Crippen LogP contribution is -2.38. The molecule has 5 nitrogen and oxygen atoms in total. The fourth-order valence-electron chi connectivity index (χ4n) is 3.53. The van der Waals surface area contributed by atoms with Crippen molar-refractivity contribution in [2.45, 2.75) is 32.1 Å². The molecule has 3 aromatic rings. The van der Waals surface area contributed by atoms with Crippen LogP contribution in [0.2, 0.25) is 0 Å². The van der Waals surface area contributed by atoms with Gasteiger partial charge in [0.2, 0.25) is 5.91 Å². The normalized spacial score (nSPS) is 16.0. The molecule has 0 atom stereocenters. The molecular formula is C18H20N4OS. The van der Waals surface area contributed by atoms with E-state index in [-0.39, 0.29) is 5.91 Å². The van der Waals surface area contributed by atoms with Crippen LogP contribution < -0.4 is 0 Å². The average molecular weight is 340 g/mol. The first-order valence-corrected chi connectivity index (χ1v) is 9.10. The third-order valence-electron chi connectivity index (χ3n) is 4.93. The molecule has 1 amide bonds. The summed E-state index contributed by atoms with van der Waals surface area (Å²) in [5.41, 5.74) is 3.36. The molecule has 0 saturated carbocycles. The number of likely N-dealkylation sites (tertiary alicyclic amines) is 1. The van der Waals surface area contributed by atoms with E-state index < -0.39 is 0 Å². The number of amides is 1. The summed E-state index contributed by atoms with van der Waals surface area (Å²) in [4.78, 5) is 14.6. The summed E-state index contributed by atoms with van der Waals surface area (Å²) < 4.78 is 5.63. The number of nitrogens with zero attached hydrogens (tertiary/aromatic N) is 3. The minimum absolute atomic E-state index is 0.188. The van der Waals surface area contributed by atoms with Crippen molar-refractivity contribution in [2.24, 2.45) is 0 Å². The van der Waals surface area contributed by atoms with Gasteiger partial charge in [-0.25, -0.2) is 0 Å². The first kappa shape index (κ1) is 15.3. The summed E-state index contributed by atoms with van der Waals surface area (Å²) in [5.74, 6) is 0.696. The summed E-state index contributed by atoms with van der Waals surface area (Å²) in [7, 11) is 0. The van der Waals surface area contributed by atoms with Gasteiger partial charge in [0.1, 0.15) is 0 Å². The summed E-state index contributed by atoms with van der Waals surface area (Å²) in [6.07, 6.45) is 4.34. The maximum atomic E-state index is 12.6. The number of hydrogen-bond acceptors (Lipinski definition) is 4. The van der Waals surface area contributed by atoms with E-state index in [1.807, 2.05) is 23.2 Å². The van der Waals surface area contributed by atoms with E-state index in [0.29, 0.717) is 12.3 Å². The van der Waals surface area contributed by atoms with Crippen LogP contribution in [0.3, 0.4) is 0 Å². The van der Waals surface area contributed by atoms with Crippen LogP contribution in [0.5, 0.6) is 0 Å². The van der Waals surface area contributed by atoms with Gasteiger partial charge in [0.05, 0.1) is 23.0 Å². The van der Waals surface area contributed by atoms with Gasteiger partial charge in [-0.05, 0) is 48.8 Å². The number of H-pyrrole nitrogens is 1. The monoisotopic (exact) mass is 340 g/mol. The quantitative estimate of drug-likeness (QED) is 0.796. The number of aryl methyl sites for hydroxylation is 1. The Labute approximate surface area is 144 Å². The number of benzene rings is 1. The Morgan fingerprint density at radius 1 is 1.33 bits per heavy atom. The van der Waals surface area contributed by atoms with Gasteiger partial charge in [0.25, 0.3) is 0 Å². The largest absolute Gasteiger partial charge is 0.342 e. The molecule has 0 spiro atoms. The summed E-state index contributed by atoms with van der Waals surface area (Å²) in [5, 5.41) is 8.24. The van der Waals surface area contributed by atoms with Crippen LogP contribution in [0.15, 0.2) is 30.5 Å². The Balaban J connectivity index is 1.40. The number of aromatic amines is 1. The molecule has 1 fully saturated rings. The van der Waals surface area contributed by atoms with Crippen molar-refractivity contribution >= 4 is 27.5 Å². The van der Waals surface area contributed by atoms with E-state index in [1.165, 1.54) is 17.1 Å². The highest BCUT2D eigenvalue weighted by Crippen LogP contribution is 2.30. The molecule has 124 valence electrons. The van der Waals surface area contributed by atoms with Crippen molar-refractivity contribution in [2.75, 3.05) is 13.1 Å². The van der Waals surface area contributed by atoms with Crippen LogP contribution in [0, 0.1) is 6.92 Å². The molecule has 0 bridgehead atoms. The predicted octanol–water partition coefficient (Wildman–Crippen LogP) is 3.28. The fraction of sp³-hybridized carbons (Fsp3) is 0.389. The number of fused-ring (bicyclic) bond motifs is 1. The first-order chi connectivity index (χ1) is 11.7. The van der Waals surface area contributed by atoms with Gasteiger partial charge < -0.3 is 4.90 Å². The summed E-state index contributed by atoms with van der Waals surface area (Å²) in [6, 6.07) is 8.12. The molecule has 1 aromatic carbocycles. The molecular weight excluding hydrogens is 320 g/mol.